The molecule has 0 unspecified atom stereocenters. The smallest absolute Gasteiger partial charge is 0.230 e. The van der Waals surface area contributed by atoms with Gasteiger partial charge in [0.15, 0.2) is 5.13 Å². The van der Waals surface area contributed by atoms with Crippen molar-refractivity contribution in [1.82, 2.24) is 9.97 Å². The fraction of sp³-hybridized carbons (Fsp3) is 0.167. The minimum atomic E-state index is -0.0420. The van der Waals surface area contributed by atoms with E-state index in [9.17, 15) is 4.79 Å². The molecule has 2 heterocycles. The minimum Gasteiger partial charge on any atom is -0.284 e. The van der Waals surface area contributed by atoms with Gasteiger partial charge in [0, 0.05) is 24.7 Å². The molecule has 3 aromatic carbocycles. The van der Waals surface area contributed by atoms with E-state index in [-0.39, 0.29) is 11.8 Å². The first kappa shape index (κ1) is 22.9. The van der Waals surface area contributed by atoms with Gasteiger partial charge in [-0.3, -0.25) is 14.7 Å². The summed E-state index contributed by atoms with van der Waals surface area (Å²) in [5.74, 6) is -0.000326. The summed E-state index contributed by atoms with van der Waals surface area (Å²) in [4.78, 5) is 25.0. The largest absolute Gasteiger partial charge is 0.284 e. The number of fused-ring (bicyclic) bond motifs is 1. The summed E-state index contributed by atoms with van der Waals surface area (Å²) >= 11 is 1.57. The fourth-order valence-corrected chi connectivity index (χ4v) is 5.65. The minimum absolute atomic E-state index is 0.0417. The molecule has 0 saturated heterocycles. The number of hydrogen-bond acceptors (Lipinski definition) is 4. The standard InChI is InChI=1S/C30H27N3OS/c1-21-16-22(2)29-27(17-21)35-30(32-29)33(20-23-10-9-15-31-19-23)28(34)18-26(24-11-5-3-6-12-24)25-13-7-4-8-14-25/h3-17,19,26H,18,20H2,1-2H3. The van der Waals surface area contributed by atoms with Gasteiger partial charge in [-0.25, -0.2) is 4.98 Å². The lowest BCUT2D eigenvalue weighted by atomic mass is 9.88. The van der Waals surface area contributed by atoms with Gasteiger partial charge in [-0.1, -0.05) is 84.1 Å². The highest BCUT2D eigenvalue weighted by Crippen LogP contribution is 2.35. The Morgan fingerprint density at radius 3 is 2.23 bits per heavy atom. The number of carbonyl (C=O) groups is 1. The number of rotatable bonds is 7. The van der Waals surface area contributed by atoms with Crippen LogP contribution in [0.25, 0.3) is 10.2 Å². The van der Waals surface area contributed by atoms with E-state index in [2.05, 4.69) is 55.2 Å². The predicted octanol–water partition coefficient (Wildman–Crippen LogP) is 7.06. The summed E-state index contributed by atoms with van der Waals surface area (Å²) in [5, 5.41) is 0.724. The number of anilines is 1. The predicted molar refractivity (Wildman–Crippen MR) is 144 cm³/mol. The lowest BCUT2D eigenvalue weighted by Crippen LogP contribution is -2.31. The molecule has 0 atom stereocenters. The Balaban J connectivity index is 1.54. The molecule has 0 N–H and O–H groups in total. The van der Waals surface area contributed by atoms with Crippen molar-refractivity contribution in [3.8, 4) is 0 Å². The normalized spacial score (nSPS) is 11.2. The number of carbonyl (C=O) groups excluding carboxylic acids is 1. The van der Waals surface area contributed by atoms with Crippen LogP contribution in [-0.2, 0) is 11.3 Å². The van der Waals surface area contributed by atoms with Crippen molar-refractivity contribution >= 4 is 32.6 Å². The second kappa shape index (κ2) is 10.2. The molecule has 0 bridgehead atoms. The zero-order valence-electron chi connectivity index (χ0n) is 19.9. The molecule has 0 saturated carbocycles. The van der Waals surface area contributed by atoms with E-state index in [4.69, 9.17) is 4.98 Å². The first-order valence-corrected chi connectivity index (χ1v) is 12.6. The molecule has 0 radical (unpaired) electrons. The number of nitrogens with zero attached hydrogens (tertiary/aromatic N) is 3. The van der Waals surface area contributed by atoms with Crippen molar-refractivity contribution in [2.75, 3.05) is 4.90 Å². The summed E-state index contributed by atoms with van der Waals surface area (Å²) in [6.45, 7) is 4.60. The monoisotopic (exact) mass is 477 g/mol. The summed E-state index contributed by atoms with van der Waals surface area (Å²) in [6.07, 6.45) is 3.91. The van der Waals surface area contributed by atoms with Gasteiger partial charge in [0.05, 0.1) is 16.8 Å². The Labute approximate surface area is 209 Å². The highest BCUT2D eigenvalue weighted by molar-refractivity contribution is 7.22. The lowest BCUT2D eigenvalue weighted by molar-refractivity contribution is -0.119. The molecular formula is C30H27N3OS. The topological polar surface area (TPSA) is 46.1 Å². The van der Waals surface area contributed by atoms with E-state index >= 15 is 0 Å². The van der Waals surface area contributed by atoms with Crippen LogP contribution in [0.4, 0.5) is 5.13 Å². The van der Waals surface area contributed by atoms with Crippen LogP contribution in [0, 0.1) is 13.8 Å². The molecule has 0 spiro atoms. The third-order valence-electron chi connectivity index (χ3n) is 6.20. The molecule has 5 heteroatoms. The molecule has 174 valence electrons. The number of amides is 1. The van der Waals surface area contributed by atoms with Gasteiger partial charge >= 0.3 is 0 Å². The average Bonchev–Trinajstić information content (AvgIpc) is 3.31. The third kappa shape index (κ3) is 5.15. The molecule has 0 aliphatic carbocycles. The van der Waals surface area contributed by atoms with Gasteiger partial charge in [-0.2, -0.15) is 0 Å². The van der Waals surface area contributed by atoms with Crippen LogP contribution < -0.4 is 4.90 Å². The molecular weight excluding hydrogens is 450 g/mol. The van der Waals surface area contributed by atoms with Crippen molar-refractivity contribution < 1.29 is 4.79 Å². The van der Waals surface area contributed by atoms with E-state index in [0.29, 0.717) is 13.0 Å². The maximum absolute atomic E-state index is 14.0. The maximum Gasteiger partial charge on any atom is 0.230 e. The molecule has 4 nitrogen and oxygen atoms in total. The molecule has 5 aromatic rings. The number of benzene rings is 3. The maximum atomic E-state index is 14.0. The Kier molecular flexibility index (Phi) is 6.68. The van der Waals surface area contributed by atoms with Crippen molar-refractivity contribution in [2.24, 2.45) is 0 Å². The van der Waals surface area contributed by atoms with Crippen molar-refractivity contribution in [3.63, 3.8) is 0 Å². The van der Waals surface area contributed by atoms with Gasteiger partial charge in [0.2, 0.25) is 5.91 Å². The second-order valence-electron chi connectivity index (χ2n) is 8.84. The number of hydrogen-bond donors (Lipinski definition) is 0. The van der Waals surface area contributed by atoms with Crippen LogP contribution in [-0.4, -0.2) is 15.9 Å². The summed E-state index contributed by atoms with van der Waals surface area (Å²) in [7, 11) is 0. The molecule has 1 amide bonds. The average molecular weight is 478 g/mol. The zero-order chi connectivity index (χ0) is 24.2. The van der Waals surface area contributed by atoms with Gasteiger partial charge in [0.1, 0.15) is 0 Å². The SMILES string of the molecule is Cc1cc(C)c2nc(N(Cc3cccnc3)C(=O)CC(c3ccccc3)c3ccccc3)sc2c1. The van der Waals surface area contributed by atoms with Gasteiger partial charge in [-0.15, -0.1) is 0 Å². The van der Waals surface area contributed by atoms with Crippen LogP contribution in [0.3, 0.4) is 0 Å². The number of pyridine rings is 1. The Bertz CT molecular complexity index is 1390. The van der Waals surface area contributed by atoms with Gasteiger partial charge in [0.25, 0.3) is 0 Å². The number of thiazole rings is 1. The molecule has 35 heavy (non-hydrogen) atoms. The highest BCUT2D eigenvalue weighted by atomic mass is 32.1. The fourth-order valence-electron chi connectivity index (χ4n) is 4.49. The van der Waals surface area contributed by atoms with E-state index in [1.807, 2.05) is 59.6 Å². The second-order valence-corrected chi connectivity index (χ2v) is 9.85. The van der Waals surface area contributed by atoms with E-state index < -0.39 is 0 Å². The van der Waals surface area contributed by atoms with Crippen molar-refractivity contribution in [1.29, 1.82) is 0 Å². The quantitative estimate of drug-likeness (QED) is 0.252. The van der Waals surface area contributed by atoms with Crippen LogP contribution in [0.5, 0.6) is 0 Å². The van der Waals surface area contributed by atoms with Gasteiger partial charge < -0.3 is 0 Å². The zero-order valence-corrected chi connectivity index (χ0v) is 20.7. The Morgan fingerprint density at radius 2 is 1.60 bits per heavy atom. The highest BCUT2D eigenvalue weighted by Gasteiger charge is 2.26. The van der Waals surface area contributed by atoms with E-state index in [0.717, 1.165) is 37.6 Å². The first-order chi connectivity index (χ1) is 17.1. The first-order valence-electron chi connectivity index (χ1n) is 11.8. The third-order valence-corrected chi connectivity index (χ3v) is 7.22. The number of aryl methyl sites for hydroxylation is 2. The van der Waals surface area contributed by atoms with Crippen LogP contribution >= 0.6 is 11.3 Å². The molecule has 0 aliphatic rings. The Hall–Kier alpha value is -3.83. The molecule has 0 fully saturated rings. The van der Waals surface area contributed by atoms with Crippen molar-refractivity contribution in [2.45, 2.75) is 32.7 Å². The van der Waals surface area contributed by atoms with Crippen molar-refractivity contribution in [3.05, 3.63) is 125 Å². The summed E-state index contributed by atoms with van der Waals surface area (Å²) < 4.78 is 1.10. The molecule has 0 aliphatic heterocycles. The summed E-state index contributed by atoms with van der Waals surface area (Å²) in [6, 6.07) is 28.7. The molecule has 2 aromatic heterocycles. The number of aromatic nitrogens is 2. The van der Waals surface area contributed by atoms with Gasteiger partial charge in [-0.05, 0) is 53.8 Å². The van der Waals surface area contributed by atoms with E-state index in [1.165, 1.54) is 5.56 Å². The van der Waals surface area contributed by atoms with Crippen LogP contribution in [0.1, 0.15) is 40.2 Å². The van der Waals surface area contributed by atoms with Crippen LogP contribution in [0.15, 0.2) is 97.3 Å². The Morgan fingerprint density at radius 1 is 0.914 bits per heavy atom. The van der Waals surface area contributed by atoms with Crippen LogP contribution in [0.2, 0.25) is 0 Å². The summed E-state index contributed by atoms with van der Waals surface area (Å²) in [5.41, 5.74) is 6.52. The lowest BCUT2D eigenvalue weighted by Gasteiger charge is -2.24. The molecule has 5 rings (SSSR count). The van der Waals surface area contributed by atoms with E-state index in [1.54, 1.807) is 17.5 Å².